The van der Waals surface area contributed by atoms with E-state index in [2.05, 4.69) is 9.97 Å². The lowest BCUT2D eigenvalue weighted by Gasteiger charge is -2.13. The van der Waals surface area contributed by atoms with Gasteiger partial charge in [0, 0.05) is 0 Å². The van der Waals surface area contributed by atoms with E-state index in [9.17, 15) is 0 Å². The van der Waals surface area contributed by atoms with Gasteiger partial charge in [-0.05, 0) is 24.3 Å². The molecular weight excluding hydrogens is 322 g/mol. The number of anilines is 1. The molecule has 0 unspecified atom stereocenters. The van der Waals surface area contributed by atoms with Gasteiger partial charge in [0.1, 0.15) is 6.33 Å². The Balaban J connectivity index is 1.90. The summed E-state index contributed by atoms with van der Waals surface area (Å²) in [6.07, 6.45) is 1.31. The molecule has 0 bridgehead atoms. The lowest BCUT2D eigenvalue weighted by atomic mass is 10.3. The molecule has 1 heterocycles. The van der Waals surface area contributed by atoms with Gasteiger partial charge in [-0.2, -0.15) is 9.97 Å². The molecule has 0 fully saturated rings. The number of hydrogen-bond acceptors (Lipinski definition) is 7. The van der Waals surface area contributed by atoms with Crippen LogP contribution in [0.15, 0.2) is 54.9 Å². The molecule has 25 heavy (non-hydrogen) atoms. The minimum atomic E-state index is 0.166. The van der Waals surface area contributed by atoms with Gasteiger partial charge in [0.05, 0.1) is 14.2 Å². The van der Waals surface area contributed by atoms with E-state index in [4.69, 9.17) is 24.7 Å². The Labute approximate surface area is 145 Å². The van der Waals surface area contributed by atoms with Crippen LogP contribution in [0, 0.1) is 0 Å². The summed E-state index contributed by atoms with van der Waals surface area (Å²) < 4.78 is 22.0. The molecule has 2 N–H and O–H groups in total. The van der Waals surface area contributed by atoms with Crippen molar-refractivity contribution in [2.45, 2.75) is 0 Å². The first-order valence-electron chi connectivity index (χ1n) is 7.45. The third-order valence-corrected chi connectivity index (χ3v) is 3.36. The third kappa shape index (κ3) is 3.55. The van der Waals surface area contributed by atoms with Crippen molar-refractivity contribution in [3.05, 3.63) is 54.9 Å². The van der Waals surface area contributed by atoms with Crippen LogP contribution < -0.4 is 24.7 Å². The Morgan fingerprint density at radius 1 is 0.680 bits per heavy atom. The predicted molar refractivity (Wildman–Crippen MR) is 92.6 cm³/mol. The zero-order valence-corrected chi connectivity index (χ0v) is 13.8. The number of ether oxygens (including phenoxy) is 4. The highest BCUT2D eigenvalue weighted by molar-refractivity contribution is 5.59. The normalized spacial score (nSPS) is 10.2. The summed E-state index contributed by atoms with van der Waals surface area (Å²) in [4.78, 5) is 8.14. The Hall–Kier alpha value is -3.48. The van der Waals surface area contributed by atoms with Crippen LogP contribution in [0.2, 0.25) is 0 Å². The lowest BCUT2D eigenvalue weighted by Crippen LogP contribution is -2.01. The van der Waals surface area contributed by atoms with E-state index < -0.39 is 0 Å². The molecule has 0 spiro atoms. The van der Waals surface area contributed by atoms with E-state index in [1.807, 2.05) is 24.3 Å². The van der Waals surface area contributed by atoms with Crippen LogP contribution in [-0.2, 0) is 0 Å². The zero-order chi connectivity index (χ0) is 17.6. The van der Waals surface area contributed by atoms with E-state index in [1.165, 1.54) is 6.33 Å². The average molecular weight is 339 g/mol. The van der Waals surface area contributed by atoms with Crippen molar-refractivity contribution in [1.82, 2.24) is 9.97 Å². The van der Waals surface area contributed by atoms with E-state index in [-0.39, 0.29) is 17.4 Å². The number of hydrogen-bond donors (Lipinski definition) is 1. The highest BCUT2D eigenvalue weighted by Gasteiger charge is 2.15. The number of methoxy groups -OCH3 is 2. The maximum absolute atomic E-state index is 6.11. The van der Waals surface area contributed by atoms with Gasteiger partial charge in [0.2, 0.25) is 11.8 Å². The fourth-order valence-corrected chi connectivity index (χ4v) is 2.14. The number of nitrogens with zero attached hydrogens (tertiary/aromatic N) is 2. The first kappa shape index (κ1) is 16.4. The standard InChI is InChI=1S/C18H17N3O4/c1-22-12-7-3-5-9-14(12)24-17-16(19)18(21-11-20-17)25-15-10-6-4-8-13(15)23-2/h3-11H,19H2,1-2H3. The fraction of sp³-hybridized carbons (Fsp3) is 0.111. The molecule has 1 aromatic heterocycles. The van der Waals surface area contributed by atoms with Crippen LogP contribution in [-0.4, -0.2) is 24.2 Å². The van der Waals surface area contributed by atoms with Crippen LogP contribution in [0.5, 0.6) is 34.8 Å². The number of aromatic nitrogens is 2. The number of rotatable bonds is 6. The van der Waals surface area contributed by atoms with Crippen molar-refractivity contribution in [2.24, 2.45) is 0 Å². The zero-order valence-electron chi connectivity index (χ0n) is 13.8. The Bertz CT molecular complexity index is 803. The minimum Gasteiger partial charge on any atom is -0.493 e. The van der Waals surface area contributed by atoms with Gasteiger partial charge >= 0.3 is 0 Å². The summed E-state index contributed by atoms with van der Waals surface area (Å²) in [5.41, 5.74) is 6.27. The van der Waals surface area contributed by atoms with E-state index in [0.717, 1.165) is 0 Å². The summed E-state index contributed by atoms with van der Waals surface area (Å²) in [6.45, 7) is 0. The Kier molecular flexibility index (Phi) is 4.84. The van der Waals surface area contributed by atoms with Gasteiger partial charge in [0.15, 0.2) is 28.7 Å². The van der Waals surface area contributed by atoms with Crippen LogP contribution in [0.1, 0.15) is 0 Å². The summed E-state index contributed by atoms with van der Waals surface area (Å²) in [5.74, 6) is 2.44. The SMILES string of the molecule is COc1ccccc1Oc1ncnc(Oc2ccccc2OC)c1N. The number of benzene rings is 2. The van der Waals surface area contributed by atoms with Crippen LogP contribution in [0.25, 0.3) is 0 Å². The van der Waals surface area contributed by atoms with E-state index in [0.29, 0.717) is 23.0 Å². The summed E-state index contributed by atoms with van der Waals surface area (Å²) in [6, 6.07) is 14.4. The number of nitrogens with two attached hydrogens (primary N) is 1. The second-order valence-corrected chi connectivity index (χ2v) is 4.90. The van der Waals surface area contributed by atoms with Gasteiger partial charge in [-0.1, -0.05) is 24.3 Å². The fourth-order valence-electron chi connectivity index (χ4n) is 2.14. The Morgan fingerprint density at radius 2 is 1.08 bits per heavy atom. The molecule has 0 aliphatic heterocycles. The van der Waals surface area contributed by atoms with Crippen molar-refractivity contribution in [3.8, 4) is 34.8 Å². The molecule has 128 valence electrons. The molecule has 3 aromatic rings. The molecule has 7 heteroatoms. The minimum absolute atomic E-state index is 0.166. The first-order chi connectivity index (χ1) is 12.2. The van der Waals surface area contributed by atoms with Crippen LogP contribution in [0.4, 0.5) is 5.69 Å². The molecule has 2 aromatic carbocycles. The maximum Gasteiger partial charge on any atom is 0.250 e. The topological polar surface area (TPSA) is 88.7 Å². The molecule has 0 amide bonds. The van der Waals surface area contributed by atoms with Crippen molar-refractivity contribution >= 4 is 5.69 Å². The van der Waals surface area contributed by atoms with Gasteiger partial charge in [0.25, 0.3) is 0 Å². The molecule has 0 saturated heterocycles. The third-order valence-electron chi connectivity index (χ3n) is 3.36. The molecule has 0 atom stereocenters. The highest BCUT2D eigenvalue weighted by atomic mass is 16.5. The molecule has 7 nitrogen and oxygen atoms in total. The lowest BCUT2D eigenvalue weighted by molar-refractivity contribution is 0.366. The monoisotopic (exact) mass is 339 g/mol. The summed E-state index contributed by atoms with van der Waals surface area (Å²) in [5, 5.41) is 0. The summed E-state index contributed by atoms with van der Waals surface area (Å²) in [7, 11) is 3.11. The predicted octanol–water partition coefficient (Wildman–Crippen LogP) is 3.66. The molecule has 0 saturated carbocycles. The largest absolute Gasteiger partial charge is 0.493 e. The molecule has 0 aliphatic carbocycles. The van der Waals surface area contributed by atoms with E-state index in [1.54, 1.807) is 38.5 Å². The molecule has 0 aliphatic rings. The van der Waals surface area contributed by atoms with Gasteiger partial charge in [-0.25, -0.2) is 0 Å². The second kappa shape index (κ2) is 7.39. The van der Waals surface area contributed by atoms with Crippen LogP contribution >= 0.6 is 0 Å². The highest BCUT2D eigenvalue weighted by Crippen LogP contribution is 2.38. The van der Waals surface area contributed by atoms with E-state index >= 15 is 0 Å². The number of para-hydroxylation sites is 4. The van der Waals surface area contributed by atoms with Crippen LogP contribution in [0.3, 0.4) is 0 Å². The van der Waals surface area contributed by atoms with Gasteiger partial charge in [-0.15, -0.1) is 0 Å². The maximum atomic E-state index is 6.11. The first-order valence-corrected chi connectivity index (χ1v) is 7.45. The van der Waals surface area contributed by atoms with Crippen molar-refractivity contribution < 1.29 is 18.9 Å². The quantitative estimate of drug-likeness (QED) is 0.733. The van der Waals surface area contributed by atoms with Crippen molar-refractivity contribution in [3.63, 3.8) is 0 Å². The average Bonchev–Trinajstić information content (AvgIpc) is 2.66. The van der Waals surface area contributed by atoms with Crippen molar-refractivity contribution in [1.29, 1.82) is 0 Å². The molecular formula is C18H17N3O4. The Morgan fingerprint density at radius 3 is 1.48 bits per heavy atom. The van der Waals surface area contributed by atoms with Gasteiger partial charge in [-0.3, -0.25) is 0 Å². The summed E-state index contributed by atoms with van der Waals surface area (Å²) >= 11 is 0. The second-order valence-electron chi connectivity index (χ2n) is 4.90. The smallest absolute Gasteiger partial charge is 0.250 e. The molecule has 0 radical (unpaired) electrons. The van der Waals surface area contributed by atoms with Crippen molar-refractivity contribution in [2.75, 3.05) is 20.0 Å². The molecule has 3 rings (SSSR count). The van der Waals surface area contributed by atoms with Gasteiger partial charge < -0.3 is 24.7 Å². The number of nitrogen functional groups attached to an aromatic ring is 1.